The number of aromatic nitrogens is 4. The molecule has 3 N–H and O–H groups in total. The van der Waals surface area contributed by atoms with E-state index in [1.807, 2.05) is 27.7 Å². The first-order chi connectivity index (χ1) is 20.7. The lowest BCUT2D eigenvalue weighted by atomic mass is 10.0. The zero-order chi connectivity index (χ0) is 32.7. The number of rotatable bonds is 13. The van der Waals surface area contributed by atoms with Crippen LogP contribution in [-0.4, -0.2) is 80.0 Å². The quantitative estimate of drug-likeness (QED) is 0.245. The van der Waals surface area contributed by atoms with Gasteiger partial charge < -0.3 is 29.8 Å². The van der Waals surface area contributed by atoms with E-state index in [9.17, 15) is 28.7 Å². The van der Waals surface area contributed by atoms with Gasteiger partial charge in [0.2, 0.25) is 11.8 Å². The fourth-order valence-corrected chi connectivity index (χ4v) is 4.76. The van der Waals surface area contributed by atoms with Gasteiger partial charge in [-0.15, -0.1) is 0 Å². The summed E-state index contributed by atoms with van der Waals surface area (Å²) in [4.78, 5) is 64.7. The summed E-state index contributed by atoms with van der Waals surface area (Å²) < 4.78 is 16.1. The summed E-state index contributed by atoms with van der Waals surface area (Å²) in [7, 11) is 4.60. The van der Waals surface area contributed by atoms with Crippen LogP contribution >= 0.6 is 0 Å². The number of carbonyl (C=O) groups excluding carboxylic acids is 2. The SMILES string of the molecule is CC(C)Cc1ncc(F)c2nc(Cn3c(C(C)C)ccc(NC(=O)[C@@H](CC/C=C/C(=O)N(C)C)CN(C)C(=O)O)c3=O)[nH]c12. The number of pyridine rings is 2. The second-order valence-electron chi connectivity index (χ2n) is 11.8. The Hall–Kier alpha value is -4.55. The normalized spacial score (nSPS) is 12.3. The van der Waals surface area contributed by atoms with Crippen molar-refractivity contribution in [2.45, 2.75) is 59.4 Å². The molecule has 0 aromatic carbocycles. The number of imidazole rings is 1. The van der Waals surface area contributed by atoms with Crippen molar-refractivity contribution in [3.8, 4) is 0 Å². The van der Waals surface area contributed by atoms with Gasteiger partial charge in [-0.25, -0.2) is 14.2 Å². The first-order valence-corrected chi connectivity index (χ1v) is 14.6. The second kappa shape index (κ2) is 14.8. The van der Waals surface area contributed by atoms with Gasteiger partial charge in [-0.1, -0.05) is 33.8 Å². The highest BCUT2D eigenvalue weighted by Gasteiger charge is 2.24. The van der Waals surface area contributed by atoms with Crippen LogP contribution in [0, 0.1) is 17.7 Å². The lowest BCUT2D eigenvalue weighted by Gasteiger charge is -2.22. The molecule has 3 aromatic heterocycles. The minimum Gasteiger partial charge on any atom is -0.465 e. The van der Waals surface area contributed by atoms with E-state index in [0.29, 0.717) is 35.6 Å². The van der Waals surface area contributed by atoms with Crippen molar-refractivity contribution in [2.24, 2.45) is 11.8 Å². The fourth-order valence-electron chi connectivity index (χ4n) is 4.76. The number of aromatic amines is 1. The number of hydrogen-bond donors (Lipinski definition) is 3. The maximum atomic E-state index is 14.6. The van der Waals surface area contributed by atoms with E-state index in [0.717, 1.165) is 11.1 Å². The van der Waals surface area contributed by atoms with Gasteiger partial charge in [0.25, 0.3) is 5.56 Å². The van der Waals surface area contributed by atoms with E-state index < -0.39 is 29.3 Å². The summed E-state index contributed by atoms with van der Waals surface area (Å²) in [5.41, 5.74) is 1.56. The molecule has 12 nitrogen and oxygen atoms in total. The molecule has 44 heavy (non-hydrogen) atoms. The van der Waals surface area contributed by atoms with E-state index in [4.69, 9.17) is 0 Å². The van der Waals surface area contributed by atoms with Crippen molar-refractivity contribution in [1.82, 2.24) is 29.3 Å². The number of fused-ring (bicyclic) bond motifs is 1. The molecule has 0 aliphatic rings. The van der Waals surface area contributed by atoms with Crippen LogP contribution in [0.15, 0.2) is 35.3 Å². The molecule has 13 heteroatoms. The maximum absolute atomic E-state index is 14.6. The van der Waals surface area contributed by atoms with Crippen LogP contribution in [0.2, 0.25) is 0 Å². The molecular formula is C31H42FN7O5. The number of allylic oxidation sites excluding steroid dienone is 1. The molecule has 0 unspecified atom stereocenters. The van der Waals surface area contributed by atoms with Gasteiger partial charge in [-0.2, -0.15) is 0 Å². The molecule has 0 fully saturated rings. The zero-order valence-corrected chi connectivity index (χ0v) is 26.3. The molecular weight excluding hydrogens is 569 g/mol. The fraction of sp³-hybridized carbons (Fsp3) is 0.484. The highest BCUT2D eigenvalue weighted by Crippen LogP contribution is 2.22. The maximum Gasteiger partial charge on any atom is 0.407 e. The Bertz CT molecular complexity index is 1590. The van der Waals surface area contributed by atoms with Gasteiger partial charge in [0, 0.05) is 33.4 Å². The van der Waals surface area contributed by atoms with E-state index in [-0.39, 0.29) is 48.5 Å². The number of carboxylic acid groups (broad SMARTS) is 1. The Morgan fingerprint density at radius 1 is 1.16 bits per heavy atom. The minimum atomic E-state index is -1.20. The summed E-state index contributed by atoms with van der Waals surface area (Å²) in [6, 6.07) is 3.27. The first kappa shape index (κ1) is 33.9. The number of H-pyrrole nitrogens is 1. The summed E-state index contributed by atoms with van der Waals surface area (Å²) in [5.74, 6) is -1.50. The van der Waals surface area contributed by atoms with Crippen molar-refractivity contribution in [1.29, 1.82) is 0 Å². The number of anilines is 1. The summed E-state index contributed by atoms with van der Waals surface area (Å²) in [6.45, 7) is 7.83. The molecule has 0 saturated carbocycles. The standard InChI is InChI=1S/C31H42FN7O5/c1-18(2)14-23-28-27(21(32)15-33-23)35-25(36-28)17-39-24(19(3)4)13-12-22(30(39)42)34-29(41)20(16-38(7)31(43)44)10-8-9-11-26(40)37(5)6/h9,11-13,15,18-20H,8,10,14,16-17H2,1-7H3,(H,34,41)(H,35,36)(H,43,44)/b11-9+/t20-/m0/s1. The summed E-state index contributed by atoms with van der Waals surface area (Å²) in [6.07, 6.45) is 4.20. The average molecular weight is 612 g/mol. The van der Waals surface area contributed by atoms with Crippen LogP contribution in [0.1, 0.15) is 63.7 Å². The van der Waals surface area contributed by atoms with Gasteiger partial charge >= 0.3 is 6.09 Å². The monoisotopic (exact) mass is 611 g/mol. The summed E-state index contributed by atoms with van der Waals surface area (Å²) in [5, 5.41) is 12.1. The molecule has 0 saturated heterocycles. The Morgan fingerprint density at radius 3 is 2.48 bits per heavy atom. The van der Waals surface area contributed by atoms with Crippen LogP contribution in [-0.2, 0) is 22.6 Å². The van der Waals surface area contributed by atoms with Crippen LogP contribution in [0.4, 0.5) is 14.9 Å². The number of carbonyl (C=O) groups is 3. The predicted molar refractivity (Wildman–Crippen MR) is 166 cm³/mol. The number of nitrogens with zero attached hydrogens (tertiary/aromatic N) is 5. The topological polar surface area (TPSA) is 154 Å². The average Bonchev–Trinajstić information content (AvgIpc) is 3.38. The smallest absolute Gasteiger partial charge is 0.407 e. The third kappa shape index (κ3) is 8.51. The molecule has 0 aliphatic carbocycles. The number of amides is 3. The van der Waals surface area contributed by atoms with Gasteiger partial charge in [0.15, 0.2) is 5.82 Å². The van der Waals surface area contributed by atoms with Crippen molar-refractivity contribution in [2.75, 3.05) is 33.0 Å². The zero-order valence-electron chi connectivity index (χ0n) is 26.3. The lowest BCUT2D eigenvalue weighted by molar-refractivity contribution is -0.123. The highest BCUT2D eigenvalue weighted by atomic mass is 19.1. The Kier molecular flexibility index (Phi) is 11.4. The van der Waals surface area contributed by atoms with E-state index in [1.54, 1.807) is 26.2 Å². The van der Waals surface area contributed by atoms with Crippen molar-refractivity contribution in [3.63, 3.8) is 0 Å². The molecule has 0 aliphatic heterocycles. The number of halogens is 1. The van der Waals surface area contributed by atoms with Crippen LogP contribution in [0.3, 0.4) is 0 Å². The molecule has 0 radical (unpaired) electrons. The second-order valence-corrected chi connectivity index (χ2v) is 11.8. The molecule has 3 aromatic rings. The lowest BCUT2D eigenvalue weighted by Crippen LogP contribution is -2.38. The molecule has 1 atom stereocenters. The van der Waals surface area contributed by atoms with E-state index in [2.05, 4.69) is 20.3 Å². The molecule has 3 amide bonds. The van der Waals surface area contributed by atoms with Crippen LogP contribution in [0.25, 0.3) is 11.0 Å². The van der Waals surface area contributed by atoms with Crippen LogP contribution in [0.5, 0.6) is 0 Å². The van der Waals surface area contributed by atoms with Gasteiger partial charge in [-0.05, 0) is 49.3 Å². The van der Waals surface area contributed by atoms with Crippen molar-refractivity contribution in [3.05, 3.63) is 63.9 Å². The van der Waals surface area contributed by atoms with Gasteiger partial charge in [0.1, 0.15) is 17.0 Å². The predicted octanol–water partition coefficient (Wildman–Crippen LogP) is 4.22. The van der Waals surface area contributed by atoms with E-state index >= 15 is 0 Å². The Balaban J connectivity index is 1.92. The molecule has 0 bridgehead atoms. The number of likely N-dealkylation sites (N-methyl/N-ethyl adjacent to an activating group) is 1. The molecule has 238 valence electrons. The largest absolute Gasteiger partial charge is 0.465 e. The first-order valence-electron chi connectivity index (χ1n) is 14.6. The van der Waals surface area contributed by atoms with Crippen molar-refractivity contribution >= 4 is 34.6 Å². The molecule has 3 rings (SSSR count). The summed E-state index contributed by atoms with van der Waals surface area (Å²) >= 11 is 0. The highest BCUT2D eigenvalue weighted by molar-refractivity contribution is 5.93. The van der Waals surface area contributed by atoms with Gasteiger partial charge in [-0.3, -0.25) is 19.4 Å². The number of hydrogen-bond acceptors (Lipinski definition) is 6. The number of nitrogens with one attached hydrogen (secondary N) is 2. The van der Waals surface area contributed by atoms with E-state index in [1.165, 1.54) is 28.7 Å². The van der Waals surface area contributed by atoms with Gasteiger partial charge in [0.05, 0.1) is 29.9 Å². The van der Waals surface area contributed by atoms with Crippen molar-refractivity contribution < 1.29 is 23.9 Å². The third-order valence-electron chi connectivity index (χ3n) is 7.14. The molecule has 3 heterocycles. The Morgan fingerprint density at radius 2 is 1.86 bits per heavy atom. The molecule has 0 spiro atoms. The Labute approximate surface area is 256 Å². The minimum absolute atomic E-state index is 0.00117. The van der Waals surface area contributed by atoms with Crippen LogP contribution < -0.4 is 10.9 Å². The third-order valence-corrected chi connectivity index (χ3v) is 7.14.